The second-order valence-corrected chi connectivity index (χ2v) is 5.76. The van der Waals surface area contributed by atoms with Crippen molar-refractivity contribution in [2.45, 2.75) is 71.0 Å². The molecule has 5 nitrogen and oxygen atoms in total. The quantitative estimate of drug-likeness (QED) is 0.840. The van der Waals surface area contributed by atoms with Gasteiger partial charge in [0.1, 0.15) is 17.8 Å². The Morgan fingerprint density at radius 1 is 1.32 bits per heavy atom. The van der Waals surface area contributed by atoms with Crippen LogP contribution in [0, 0.1) is 0 Å². The van der Waals surface area contributed by atoms with E-state index in [1.54, 1.807) is 0 Å². The Labute approximate surface area is 114 Å². The number of nitrogens with zero attached hydrogens (tertiary/aromatic N) is 5. The number of hydrogen-bond donors (Lipinski definition) is 0. The molecule has 19 heavy (non-hydrogen) atoms. The summed E-state index contributed by atoms with van der Waals surface area (Å²) in [5.41, 5.74) is -0.0685. The fraction of sp³-hybridized carbons (Fsp3) is 0.786. The monoisotopic (exact) mass is 261 g/mol. The minimum absolute atomic E-state index is 0.0685. The van der Waals surface area contributed by atoms with Crippen molar-refractivity contribution in [3.05, 3.63) is 6.33 Å². The second-order valence-electron chi connectivity index (χ2n) is 5.76. The molecule has 1 unspecified atom stereocenters. The summed E-state index contributed by atoms with van der Waals surface area (Å²) >= 11 is 0. The van der Waals surface area contributed by atoms with Crippen LogP contribution >= 0.6 is 0 Å². The van der Waals surface area contributed by atoms with Gasteiger partial charge >= 0.3 is 0 Å². The van der Waals surface area contributed by atoms with Gasteiger partial charge in [0.2, 0.25) is 0 Å². The topological polar surface area (TPSA) is 46.3 Å². The summed E-state index contributed by atoms with van der Waals surface area (Å²) in [6.07, 6.45) is 9.07. The summed E-state index contributed by atoms with van der Waals surface area (Å²) in [6, 6.07) is 0.624. The molecule has 0 N–H and O–H groups in total. The van der Waals surface area contributed by atoms with Gasteiger partial charge in [-0.2, -0.15) is 4.99 Å². The van der Waals surface area contributed by atoms with Crippen molar-refractivity contribution < 1.29 is 0 Å². The fourth-order valence-electron chi connectivity index (χ4n) is 3.56. The lowest BCUT2D eigenvalue weighted by Gasteiger charge is -2.49. The molecule has 2 heterocycles. The van der Waals surface area contributed by atoms with Gasteiger partial charge in [0.25, 0.3) is 5.95 Å². The third-order valence-electron chi connectivity index (χ3n) is 4.75. The van der Waals surface area contributed by atoms with Gasteiger partial charge in [-0.05, 0) is 26.2 Å². The van der Waals surface area contributed by atoms with Crippen LogP contribution in [0.2, 0.25) is 0 Å². The smallest absolute Gasteiger partial charge is 0.254 e. The first-order chi connectivity index (χ1) is 9.20. The molecule has 5 heteroatoms. The summed E-state index contributed by atoms with van der Waals surface area (Å²) in [7, 11) is 0. The number of aliphatic imine (C=N–C) groups is 1. The first-order valence-corrected chi connectivity index (χ1v) is 7.48. The predicted molar refractivity (Wildman–Crippen MR) is 75.4 cm³/mol. The van der Waals surface area contributed by atoms with Crippen LogP contribution in [0.3, 0.4) is 0 Å². The zero-order valence-corrected chi connectivity index (χ0v) is 12.1. The van der Waals surface area contributed by atoms with E-state index in [1.165, 1.54) is 31.5 Å². The molecule has 0 bridgehead atoms. The van der Waals surface area contributed by atoms with E-state index in [9.17, 15) is 0 Å². The Morgan fingerprint density at radius 2 is 2.05 bits per heavy atom. The summed E-state index contributed by atoms with van der Waals surface area (Å²) in [5, 5.41) is 8.21. The third kappa shape index (κ3) is 1.78. The van der Waals surface area contributed by atoms with E-state index in [0.717, 1.165) is 18.8 Å². The molecule has 1 aliphatic carbocycles. The van der Waals surface area contributed by atoms with E-state index in [4.69, 9.17) is 4.99 Å². The highest BCUT2D eigenvalue weighted by Gasteiger charge is 2.43. The highest BCUT2D eigenvalue weighted by atomic mass is 15.5. The number of rotatable bonds is 3. The zero-order valence-electron chi connectivity index (χ0n) is 12.1. The van der Waals surface area contributed by atoms with Crippen molar-refractivity contribution in [2.24, 2.45) is 4.99 Å². The van der Waals surface area contributed by atoms with Crippen LogP contribution < -0.4 is 0 Å². The van der Waals surface area contributed by atoms with E-state index in [2.05, 4.69) is 40.4 Å². The lowest BCUT2D eigenvalue weighted by molar-refractivity contribution is 0.0562. The molecule has 1 aromatic rings. The fourth-order valence-corrected chi connectivity index (χ4v) is 3.56. The average molecular weight is 261 g/mol. The van der Waals surface area contributed by atoms with Crippen molar-refractivity contribution in [2.75, 3.05) is 0 Å². The average Bonchev–Trinajstić information content (AvgIpc) is 3.08. The second kappa shape index (κ2) is 4.62. The van der Waals surface area contributed by atoms with Gasteiger partial charge < -0.3 is 4.90 Å². The molecule has 1 aromatic heterocycles. The summed E-state index contributed by atoms with van der Waals surface area (Å²) < 4.78 is 2.14. The highest BCUT2D eigenvalue weighted by Crippen LogP contribution is 2.39. The Balaban J connectivity index is 2.09. The van der Waals surface area contributed by atoms with Crippen molar-refractivity contribution in [1.82, 2.24) is 19.7 Å². The van der Waals surface area contributed by atoms with Crippen molar-refractivity contribution in [1.29, 1.82) is 0 Å². The number of amidine groups is 1. The first kappa shape index (κ1) is 12.6. The summed E-state index contributed by atoms with van der Waals surface area (Å²) in [5.74, 6) is 1.94. The Hall–Kier alpha value is -1.39. The largest absolute Gasteiger partial charge is 0.334 e. The summed E-state index contributed by atoms with van der Waals surface area (Å²) in [4.78, 5) is 7.28. The molecule has 1 saturated carbocycles. The predicted octanol–water partition coefficient (Wildman–Crippen LogP) is 3.06. The number of hydrogen-bond acceptors (Lipinski definition) is 4. The zero-order chi connectivity index (χ0) is 13.5. The van der Waals surface area contributed by atoms with Gasteiger partial charge in [0, 0.05) is 12.5 Å². The normalized spacial score (nSPS) is 27.5. The minimum atomic E-state index is -0.0685. The summed E-state index contributed by atoms with van der Waals surface area (Å²) in [6.45, 7) is 6.72. The molecule has 2 aliphatic rings. The molecule has 104 valence electrons. The highest BCUT2D eigenvalue weighted by molar-refractivity contribution is 5.85. The maximum atomic E-state index is 4.73. The molecular weight excluding hydrogens is 238 g/mol. The molecule has 0 saturated heterocycles. The van der Waals surface area contributed by atoms with Crippen LogP contribution in [-0.4, -0.2) is 31.5 Å². The van der Waals surface area contributed by atoms with Crippen LogP contribution in [0.15, 0.2) is 11.3 Å². The molecule has 3 rings (SSSR count). The van der Waals surface area contributed by atoms with Crippen molar-refractivity contribution >= 4 is 11.8 Å². The van der Waals surface area contributed by atoms with Crippen LogP contribution in [0.25, 0.3) is 0 Å². The maximum Gasteiger partial charge on any atom is 0.254 e. The van der Waals surface area contributed by atoms with Crippen LogP contribution in [0.1, 0.15) is 59.3 Å². The standard InChI is InChI=1S/C14H23N5/c1-4-12-16-13-17-15-10-18(13)14(3,5-2)19(12)11-8-6-7-9-11/h10-11H,4-9H2,1-3H3. The number of aromatic nitrogens is 3. The minimum Gasteiger partial charge on any atom is -0.334 e. The molecule has 0 radical (unpaired) electrons. The van der Waals surface area contributed by atoms with E-state index >= 15 is 0 Å². The van der Waals surface area contributed by atoms with Gasteiger partial charge in [-0.15, -0.1) is 10.2 Å². The SMILES string of the molecule is CCC1=Nc2nncn2C(C)(CC)N1C1CCCC1. The van der Waals surface area contributed by atoms with E-state index in [1.807, 2.05) is 6.33 Å². The van der Waals surface area contributed by atoms with E-state index < -0.39 is 0 Å². The Morgan fingerprint density at radius 3 is 2.68 bits per heavy atom. The molecule has 1 fully saturated rings. The van der Waals surface area contributed by atoms with Crippen molar-refractivity contribution in [3.8, 4) is 0 Å². The van der Waals surface area contributed by atoms with Crippen LogP contribution in [0.5, 0.6) is 0 Å². The van der Waals surface area contributed by atoms with E-state index in [0.29, 0.717) is 6.04 Å². The van der Waals surface area contributed by atoms with Crippen LogP contribution in [-0.2, 0) is 5.66 Å². The van der Waals surface area contributed by atoms with Gasteiger partial charge in [-0.3, -0.25) is 4.57 Å². The third-order valence-corrected chi connectivity index (χ3v) is 4.75. The molecule has 0 amide bonds. The molecule has 1 aliphatic heterocycles. The first-order valence-electron chi connectivity index (χ1n) is 7.48. The van der Waals surface area contributed by atoms with Gasteiger partial charge in [-0.1, -0.05) is 26.7 Å². The molecule has 1 atom stereocenters. The Kier molecular flexibility index (Phi) is 3.07. The van der Waals surface area contributed by atoms with Gasteiger partial charge in [-0.25, -0.2) is 0 Å². The molecule has 0 aromatic carbocycles. The molecule has 0 spiro atoms. The van der Waals surface area contributed by atoms with Gasteiger partial charge in [0.15, 0.2) is 0 Å². The van der Waals surface area contributed by atoms with Gasteiger partial charge in [0.05, 0.1) is 0 Å². The number of fused-ring (bicyclic) bond motifs is 1. The van der Waals surface area contributed by atoms with Crippen LogP contribution in [0.4, 0.5) is 5.95 Å². The lowest BCUT2D eigenvalue weighted by Crippen LogP contribution is -2.56. The molecular formula is C14H23N5. The Bertz CT molecular complexity index is 486. The van der Waals surface area contributed by atoms with E-state index in [-0.39, 0.29) is 5.66 Å². The van der Waals surface area contributed by atoms with Crippen molar-refractivity contribution in [3.63, 3.8) is 0 Å². The maximum absolute atomic E-state index is 4.73. The lowest BCUT2D eigenvalue weighted by atomic mass is 10.0.